The van der Waals surface area contributed by atoms with Gasteiger partial charge in [-0.1, -0.05) is 6.07 Å². The molecule has 0 amide bonds. The predicted molar refractivity (Wildman–Crippen MR) is 58.0 cm³/mol. The van der Waals surface area contributed by atoms with E-state index in [2.05, 4.69) is 13.0 Å². The fourth-order valence-electron chi connectivity index (χ4n) is 1.57. The molecular weight excluding hydrogens is 174 g/mol. The van der Waals surface area contributed by atoms with E-state index in [4.69, 9.17) is 10.2 Å². The number of hydrogen-bond donors (Lipinski definition) is 1. The topological polar surface area (TPSA) is 39.2 Å². The van der Waals surface area contributed by atoms with E-state index in [1.165, 1.54) is 5.56 Å². The molecule has 1 aromatic heterocycles. The van der Waals surface area contributed by atoms with Gasteiger partial charge in [-0.15, -0.1) is 0 Å². The molecule has 1 aromatic carbocycles. The molecule has 0 unspecified atom stereocenters. The normalized spacial score (nSPS) is 10.4. The Morgan fingerprint density at radius 2 is 1.93 bits per heavy atom. The number of nitrogen functional groups attached to an aromatic ring is 1. The molecule has 2 heteroatoms. The molecule has 72 valence electrons. The summed E-state index contributed by atoms with van der Waals surface area (Å²) in [6, 6.07) is 7.86. The maximum Gasteiger partial charge on any atom is 0.134 e. The first-order valence-corrected chi connectivity index (χ1v) is 4.59. The molecular formula is C12H13NO. The smallest absolute Gasteiger partial charge is 0.134 e. The molecule has 1 heterocycles. The standard InChI is InChI=1S/C12H13NO/c1-8-6-9(2)11(13)7-10(8)12-4-3-5-14-12/h3-7H,13H2,1-2H3. The van der Waals surface area contributed by atoms with Gasteiger partial charge in [-0.2, -0.15) is 0 Å². The van der Waals surface area contributed by atoms with Crippen LogP contribution in [0.3, 0.4) is 0 Å². The van der Waals surface area contributed by atoms with Gasteiger partial charge >= 0.3 is 0 Å². The van der Waals surface area contributed by atoms with Crippen LogP contribution < -0.4 is 5.73 Å². The highest BCUT2D eigenvalue weighted by molar-refractivity contribution is 5.68. The Morgan fingerprint density at radius 3 is 2.57 bits per heavy atom. The fraction of sp³-hybridized carbons (Fsp3) is 0.167. The van der Waals surface area contributed by atoms with E-state index < -0.39 is 0 Å². The first-order valence-electron chi connectivity index (χ1n) is 4.59. The van der Waals surface area contributed by atoms with Crippen LogP contribution in [0.25, 0.3) is 11.3 Å². The molecule has 0 radical (unpaired) electrons. The van der Waals surface area contributed by atoms with E-state index >= 15 is 0 Å². The summed E-state index contributed by atoms with van der Waals surface area (Å²) in [5.41, 5.74) is 10.0. The van der Waals surface area contributed by atoms with Crippen LogP contribution >= 0.6 is 0 Å². The second-order valence-electron chi connectivity index (χ2n) is 3.50. The molecule has 2 rings (SSSR count). The van der Waals surface area contributed by atoms with Gasteiger partial charge in [-0.25, -0.2) is 0 Å². The summed E-state index contributed by atoms with van der Waals surface area (Å²) in [5.74, 6) is 0.870. The van der Waals surface area contributed by atoms with Gasteiger partial charge in [-0.3, -0.25) is 0 Å². The zero-order valence-electron chi connectivity index (χ0n) is 8.37. The van der Waals surface area contributed by atoms with Crippen molar-refractivity contribution in [3.63, 3.8) is 0 Å². The zero-order chi connectivity index (χ0) is 10.1. The molecule has 0 aliphatic heterocycles. The minimum atomic E-state index is 0.807. The molecule has 2 N–H and O–H groups in total. The van der Waals surface area contributed by atoms with Gasteiger partial charge in [0.15, 0.2) is 0 Å². The summed E-state index contributed by atoms with van der Waals surface area (Å²) in [4.78, 5) is 0. The molecule has 0 aliphatic carbocycles. The lowest BCUT2D eigenvalue weighted by Crippen LogP contribution is -1.92. The monoisotopic (exact) mass is 187 g/mol. The van der Waals surface area contributed by atoms with Gasteiger partial charge in [-0.05, 0) is 43.2 Å². The van der Waals surface area contributed by atoms with E-state index in [1.54, 1.807) is 6.26 Å². The quantitative estimate of drug-likeness (QED) is 0.696. The molecule has 2 nitrogen and oxygen atoms in total. The van der Waals surface area contributed by atoms with Gasteiger partial charge in [0.1, 0.15) is 5.76 Å². The Labute approximate surface area is 83.4 Å². The molecule has 0 spiro atoms. The van der Waals surface area contributed by atoms with Crippen molar-refractivity contribution in [3.05, 3.63) is 41.7 Å². The maximum atomic E-state index is 5.85. The van der Waals surface area contributed by atoms with E-state index in [1.807, 2.05) is 25.1 Å². The summed E-state index contributed by atoms with van der Waals surface area (Å²) < 4.78 is 5.34. The van der Waals surface area contributed by atoms with Crippen molar-refractivity contribution in [2.75, 3.05) is 5.73 Å². The molecule has 2 aromatic rings. The number of rotatable bonds is 1. The Morgan fingerprint density at radius 1 is 1.14 bits per heavy atom. The highest BCUT2D eigenvalue weighted by Gasteiger charge is 2.06. The van der Waals surface area contributed by atoms with Crippen LogP contribution in [0.5, 0.6) is 0 Å². The number of nitrogens with two attached hydrogens (primary N) is 1. The summed E-state index contributed by atoms with van der Waals surface area (Å²) in [6.45, 7) is 4.07. The second kappa shape index (κ2) is 3.22. The number of aryl methyl sites for hydroxylation is 2. The van der Waals surface area contributed by atoms with E-state index in [0.29, 0.717) is 0 Å². The number of furan rings is 1. The number of hydrogen-bond acceptors (Lipinski definition) is 2. The average Bonchev–Trinajstić information content (AvgIpc) is 2.64. The second-order valence-corrected chi connectivity index (χ2v) is 3.50. The highest BCUT2D eigenvalue weighted by Crippen LogP contribution is 2.27. The zero-order valence-corrected chi connectivity index (χ0v) is 8.37. The predicted octanol–water partition coefficient (Wildman–Crippen LogP) is 3.15. The third-order valence-corrected chi connectivity index (χ3v) is 2.40. The number of benzene rings is 1. The minimum Gasteiger partial charge on any atom is -0.464 e. The molecule has 0 saturated heterocycles. The van der Waals surface area contributed by atoms with Crippen molar-refractivity contribution in [2.24, 2.45) is 0 Å². The summed E-state index contributed by atoms with van der Waals surface area (Å²) in [6.07, 6.45) is 1.67. The van der Waals surface area contributed by atoms with Gasteiger partial charge in [0, 0.05) is 11.3 Å². The van der Waals surface area contributed by atoms with Crippen molar-refractivity contribution in [3.8, 4) is 11.3 Å². The molecule has 0 bridgehead atoms. The van der Waals surface area contributed by atoms with Gasteiger partial charge in [0.2, 0.25) is 0 Å². The lowest BCUT2D eigenvalue weighted by molar-refractivity contribution is 0.582. The van der Waals surface area contributed by atoms with E-state index in [-0.39, 0.29) is 0 Å². The third kappa shape index (κ3) is 1.39. The SMILES string of the molecule is Cc1cc(C)c(-c2ccco2)cc1N. The van der Waals surface area contributed by atoms with Crippen molar-refractivity contribution in [1.82, 2.24) is 0 Å². The molecule has 0 aliphatic rings. The van der Waals surface area contributed by atoms with E-state index in [9.17, 15) is 0 Å². The van der Waals surface area contributed by atoms with Crippen LogP contribution in [-0.4, -0.2) is 0 Å². The summed E-state index contributed by atoms with van der Waals surface area (Å²) in [7, 11) is 0. The highest BCUT2D eigenvalue weighted by atomic mass is 16.3. The largest absolute Gasteiger partial charge is 0.464 e. The van der Waals surface area contributed by atoms with Crippen molar-refractivity contribution < 1.29 is 4.42 Å². The average molecular weight is 187 g/mol. The Balaban J connectivity index is 2.60. The van der Waals surface area contributed by atoms with Crippen LogP contribution in [0.4, 0.5) is 5.69 Å². The Hall–Kier alpha value is -1.70. The molecule has 14 heavy (non-hydrogen) atoms. The van der Waals surface area contributed by atoms with Crippen molar-refractivity contribution >= 4 is 5.69 Å². The van der Waals surface area contributed by atoms with Crippen molar-refractivity contribution in [1.29, 1.82) is 0 Å². The first kappa shape index (κ1) is 8.88. The number of anilines is 1. The first-order chi connectivity index (χ1) is 6.68. The fourth-order valence-corrected chi connectivity index (χ4v) is 1.57. The van der Waals surface area contributed by atoms with Crippen molar-refractivity contribution in [2.45, 2.75) is 13.8 Å². The van der Waals surface area contributed by atoms with E-state index in [0.717, 1.165) is 22.6 Å². The Bertz CT molecular complexity index is 444. The Kier molecular flexibility index (Phi) is 2.04. The summed E-state index contributed by atoms with van der Waals surface area (Å²) in [5, 5.41) is 0. The van der Waals surface area contributed by atoms with Crippen LogP contribution in [-0.2, 0) is 0 Å². The van der Waals surface area contributed by atoms with Crippen LogP contribution in [0.2, 0.25) is 0 Å². The van der Waals surface area contributed by atoms with Crippen LogP contribution in [0.15, 0.2) is 34.9 Å². The maximum absolute atomic E-state index is 5.85. The van der Waals surface area contributed by atoms with Crippen LogP contribution in [0.1, 0.15) is 11.1 Å². The van der Waals surface area contributed by atoms with Gasteiger partial charge in [0.25, 0.3) is 0 Å². The molecule has 0 fully saturated rings. The summed E-state index contributed by atoms with van der Waals surface area (Å²) >= 11 is 0. The van der Waals surface area contributed by atoms with Crippen LogP contribution in [0, 0.1) is 13.8 Å². The molecule has 0 atom stereocenters. The minimum absolute atomic E-state index is 0.807. The van der Waals surface area contributed by atoms with Gasteiger partial charge in [0.05, 0.1) is 6.26 Å². The lowest BCUT2D eigenvalue weighted by Gasteiger charge is -2.06. The lowest BCUT2D eigenvalue weighted by atomic mass is 10.0. The third-order valence-electron chi connectivity index (χ3n) is 2.40. The molecule has 0 saturated carbocycles. The van der Waals surface area contributed by atoms with Gasteiger partial charge < -0.3 is 10.2 Å².